The van der Waals surface area contributed by atoms with Crippen molar-refractivity contribution in [2.24, 2.45) is 28.3 Å². The molecule has 0 aromatic heterocycles. The predicted octanol–water partition coefficient (Wildman–Crippen LogP) is 1.42. The van der Waals surface area contributed by atoms with Gasteiger partial charge in [0.05, 0.1) is 6.61 Å². The molecule has 4 aliphatic rings. The first-order valence-electron chi connectivity index (χ1n) is 7.31. The summed E-state index contributed by atoms with van der Waals surface area (Å²) in [7, 11) is -5.19. The summed E-state index contributed by atoms with van der Waals surface area (Å²) in [4.78, 5) is 0. The molecule has 122 valence electrons. The highest BCUT2D eigenvalue weighted by atomic mass is 32.2. The third-order valence-corrected chi connectivity index (χ3v) is 6.34. The van der Waals surface area contributed by atoms with Gasteiger partial charge in [-0.25, -0.2) is 13.6 Å². The van der Waals surface area contributed by atoms with Gasteiger partial charge in [-0.1, -0.05) is 0 Å². The minimum absolute atomic E-state index is 0.0250. The second kappa shape index (κ2) is 4.84. The van der Waals surface area contributed by atoms with Gasteiger partial charge < -0.3 is 9.84 Å². The Bertz CT molecular complexity index is 487. The molecule has 0 aromatic carbocycles. The molecule has 4 aliphatic carbocycles. The molecule has 1 unspecified atom stereocenters. The van der Waals surface area contributed by atoms with Crippen molar-refractivity contribution >= 4 is 10.0 Å². The minimum atomic E-state index is -5.19. The van der Waals surface area contributed by atoms with Crippen molar-refractivity contribution in [3.05, 3.63) is 0 Å². The van der Waals surface area contributed by atoms with E-state index in [4.69, 9.17) is 4.74 Å². The van der Waals surface area contributed by atoms with E-state index in [1.165, 1.54) is 19.3 Å². The molecule has 1 atom stereocenters. The first-order valence-corrected chi connectivity index (χ1v) is 8.86. The summed E-state index contributed by atoms with van der Waals surface area (Å²) in [6.07, 6.45) is 3.67. The van der Waals surface area contributed by atoms with Crippen LogP contribution in [0.3, 0.4) is 0 Å². The van der Waals surface area contributed by atoms with E-state index in [0.717, 1.165) is 19.3 Å². The largest absolute Gasteiger partial charge is 0.407 e. The predicted molar refractivity (Wildman–Crippen MR) is 70.6 cm³/mol. The Morgan fingerprint density at radius 2 is 1.62 bits per heavy atom. The molecule has 0 spiro atoms. The van der Waals surface area contributed by atoms with Gasteiger partial charge in [0, 0.05) is 0 Å². The van der Waals surface area contributed by atoms with E-state index in [-0.39, 0.29) is 12.0 Å². The molecule has 0 amide bonds. The Labute approximate surface area is 122 Å². The molecule has 4 rings (SSSR count). The normalized spacial score (nSPS) is 40.5. The molecule has 3 N–H and O–H groups in total. The number of hydrogen-bond acceptors (Lipinski definition) is 4. The van der Waals surface area contributed by atoms with Crippen molar-refractivity contribution in [3.63, 3.8) is 0 Å². The SMILES string of the molecule is NS(=O)(=O)C(F)(F)C(O)OCC12CC3CC(CC(C3)C1)C2. The Balaban J connectivity index is 1.65. The molecule has 8 heteroatoms. The molecule has 0 aromatic rings. The van der Waals surface area contributed by atoms with Crippen LogP contribution in [0.25, 0.3) is 0 Å². The summed E-state index contributed by atoms with van der Waals surface area (Å²) in [5.74, 6) is 1.86. The molecule has 0 aliphatic heterocycles. The molecule has 5 nitrogen and oxygen atoms in total. The Morgan fingerprint density at radius 1 is 1.19 bits per heavy atom. The van der Waals surface area contributed by atoms with Gasteiger partial charge in [0.2, 0.25) is 6.29 Å². The summed E-state index contributed by atoms with van der Waals surface area (Å²) in [6, 6.07) is 0. The van der Waals surface area contributed by atoms with Gasteiger partial charge in [0.15, 0.2) is 0 Å². The highest BCUT2D eigenvalue weighted by Crippen LogP contribution is 2.60. The quantitative estimate of drug-likeness (QED) is 0.748. The topological polar surface area (TPSA) is 89.6 Å². The summed E-state index contributed by atoms with van der Waals surface area (Å²) >= 11 is 0. The van der Waals surface area contributed by atoms with Crippen molar-refractivity contribution in [2.45, 2.75) is 50.1 Å². The summed E-state index contributed by atoms with van der Waals surface area (Å²) < 4.78 is 53.3. The van der Waals surface area contributed by atoms with E-state index in [1.807, 2.05) is 0 Å². The van der Waals surface area contributed by atoms with E-state index in [9.17, 15) is 22.3 Å². The third kappa shape index (κ3) is 2.71. The Hall–Kier alpha value is -0.310. The number of primary sulfonamides is 1. The zero-order valence-corrected chi connectivity index (χ0v) is 12.5. The van der Waals surface area contributed by atoms with Crippen LogP contribution in [-0.4, -0.2) is 31.7 Å². The number of sulfonamides is 1. The summed E-state index contributed by atoms with van der Waals surface area (Å²) in [6.45, 7) is -0.0250. The van der Waals surface area contributed by atoms with Gasteiger partial charge in [0.25, 0.3) is 10.0 Å². The van der Waals surface area contributed by atoms with Crippen molar-refractivity contribution in [1.29, 1.82) is 0 Å². The first kappa shape index (κ1) is 15.6. The standard InChI is InChI=1S/C13H21F2NO4S/c14-13(15,21(16,18)19)11(17)20-7-12-4-8-1-9(5-12)3-10(2-8)6-12/h8-11,17H,1-7H2,(H2,16,18,19). The molecule has 4 saturated carbocycles. The molecule has 21 heavy (non-hydrogen) atoms. The van der Waals surface area contributed by atoms with E-state index in [0.29, 0.717) is 17.8 Å². The second-order valence-corrected chi connectivity index (χ2v) is 8.82. The van der Waals surface area contributed by atoms with Gasteiger partial charge >= 0.3 is 5.25 Å². The zero-order valence-electron chi connectivity index (χ0n) is 11.7. The fourth-order valence-electron chi connectivity index (χ4n) is 4.96. The van der Waals surface area contributed by atoms with Crippen LogP contribution in [0.2, 0.25) is 0 Å². The van der Waals surface area contributed by atoms with Crippen LogP contribution in [0.15, 0.2) is 0 Å². The van der Waals surface area contributed by atoms with Crippen LogP contribution in [-0.2, 0) is 14.8 Å². The van der Waals surface area contributed by atoms with Crippen LogP contribution >= 0.6 is 0 Å². The fraction of sp³-hybridized carbons (Fsp3) is 1.00. The number of alkyl halides is 2. The van der Waals surface area contributed by atoms with Gasteiger partial charge in [-0.05, 0) is 61.7 Å². The van der Waals surface area contributed by atoms with Gasteiger partial charge in [-0.15, -0.1) is 0 Å². The lowest BCUT2D eigenvalue weighted by Gasteiger charge is -2.56. The van der Waals surface area contributed by atoms with Crippen LogP contribution in [0, 0.1) is 23.2 Å². The van der Waals surface area contributed by atoms with E-state index < -0.39 is 21.6 Å². The third-order valence-electron chi connectivity index (χ3n) is 5.38. The first-order chi connectivity index (χ1) is 9.61. The lowest BCUT2D eigenvalue weighted by Crippen LogP contribution is -2.51. The number of hydrogen-bond donors (Lipinski definition) is 2. The van der Waals surface area contributed by atoms with Crippen molar-refractivity contribution < 1.29 is 27.0 Å². The van der Waals surface area contributed by atoms with Crippen molar-refractivity contribution in [1.82, 2.24) is 0 Å². The van der Waals surface area contributed by atoms with Gasteiger partial charge in [0.1, 0.15) is 0 Å². The number of aliphatic hydroxyl groups excluding tert-OH is 1. The molecular formula is C13H21F2NO4S. The Morgan fingerprint density at radius 3 is 2.00 bits per heavy atom. The fourth-order valence-corrected chi connectivity index (χ4v) is 5.31. The van der Waals surface area contributed by atoms with Crippen molar-refractivity contribution in [3.8, 4) is 0 Å². The van der Waals surface area contributed by atoms with Gasteiger partial charge in [-0.3, -0.25) is 0 Å². The van der Waals surface area contributed by atoms with Crippen LogP contribution in [0.1, 0.15) is 38.5 Å². The van der Waals surface area contributed by atoms with E-state index in [2.05, 4.69) is 5.14 Å². The number of ether oxygens (including phenoxy) is 1. The van der Waals surface area contributed by atoms with Crippen LogP contribution in [0.4, 0.5) is 8.78 Å². The van der Waals surface area contributed by atoms with Crippen LogP contribution in [0.5, 0.6) is 0 Å². The molecular weight excluding hydrogens is 304 g/mol. The average molecular weight is 325 g/mol. The van der Waals surface area contributed by atoms with Crippen LogP contribution < -0.4 is 5.14 Å². The number of rotatable bonds is 5. The smallest absolute Gasteiger partial charge is 0.362 e. The maximum atomic E-state index is 13.4. The van der Waals surface area contributed by atoms with Crippen molar-refractivity contribution in [2.75, 3.05) is 6.61 Å². The lowest BCUT2D eigenvalue weighted by molar-refractivity contribution is -0.222. The highest BCUT2D eigenvalue weighted by molar-refractivity contribution is 7.90. The summed E-state index contributed by atoms with van der Waals surface area (Å²) in [5, 5.41) is 9.34. The maximum absolute atomic E-state index is 13.4. The second-order valence-electron chi connectivity index (χ2n) is 7.19. The van der Waals surface area contributed by atoms with Gasteiger partial charge in [-0.2, -0.15) is 8.78 Å². The number of aliphatic hydroxyl groups is 1. The average Bonchev–Trinajstić information content (AvgIpc) is 2.32. The zero-order chi connectivity index (χ0) is 15.5. The molecule has 0 radical (unpaired) electrons. The molecule has 4 bridgehead atoms. The maximum Gasteiger partial charge on any atom is 0.407 e. The molecule has 0 saturated heterocycles. The molecule has 0 heterocycles. The van der Waals surface area contributed by atoms with E-state index in [1.54, 1.807) is 0 Å². The van der Waals surface area contributed by atoms with E-state index >= 15 is 0 Å². The lowest BCUT2D eigenvalue weighted by atomic mass is 9.50. The highest BCUT2D eigenvalue weighted by Gasteiger charge is 2.54. The summed E-state index contributed by atoms with van der Waals surface area (Å²) in [5.41, 5.74) is -0.176. The Kier molecular flexibility index (Phi) is 3.59. The monoisotopic (exact) mass is 325 g/mol. The minimum Gasteiger partial charge on any atom is -0.362 e. The molecule has 4 fully saturated rings. The number of nitrogens with two attached hydrogens (primary N) is 1. The number of halogens is 2.